The van der Waals surface area contributed by atoms with Gasteiger partial charge in [0.05, 0.1) is 0 Å². The first-order valence-corrected chi connectivity index (χ1v) is 7.71. The van der Waals surface area contributed by atoms with E-state index < -0.39 is 0 Å². The molecule has 1 aliphatic rings. The first kappa shape index (κ1) is 15.8. The fraction of sp³-hybridized carbons (Fsp3) is 0.625. The number of amides is 1. The molecular formula is C16H25N3O2. The van der Waals surface area contributed by atoms with E-state index in [-0.39, 0.29) is 11.9 Å². The zero-order chi connectivity index (χ0) is 15.2. The average Bonchev–Trinajstić information content (AvgIpc) is 2.54. The van der Waals surface area contributed by atoms with Gasteiger partial charge in [-0.05, 0) is 44.2 Å². The van der Waals surface area contributed by atoms with Gasteiger partial charge in [-0.25, -0.2) is 4.98 Å². The largest absolute Gasteiger partial charge is 0.381 e. The van der Waals surface area contributed by atoms with E-state index in [1.165, 1.54) is 0 Å². The van der Waals surface area contributed by atoms with Crippen molar-refractivity contribution in [1.29, 1.82) is 0 Å². The minimum Gasteiger partial charge on any atom is -0.381 e. The van der Waals surface area contributed by atoms with Crippen LogP contribution in [0.5, 0.6) is 0 Å². The van der Waals surface area contributed by atoms with Gasteiger partial charge < -0.3 is 15.4 Å². The third-order valence-electron chi connectivity index (χ3n) is 4.09. The van der Waals surface area contributed by atoms with Crippen LogP contribution < -0.4 is 10.6 Å². The molecule has 1 amide bonds. The summed E-state index contributed by atoms with van der Waals surface area (Å²) in [5.74, 6) is 1.21. The van der Waals surface area contributed by atoms with E-state index in [2.05, 4.69) is 22.5 Å². The van der Waals surface area contributed by atoms with Gasteiger partial charge in [-0.15, -0.1) is 0 Å². The molecule has 116 valence electrons. The molecule has 1 aliphatic heterocycles. The van der Waals surface area contributed by atoms with Crippen LogP contribution in [0.1, 0.15) is 42.7 Å². The quantitative estimate of drug-likeness (QED) is 0.873. The van der Waals surface area contributed by atoms with Gasteiger partial charge >= 0.3 is 0 Å². The van der Waals surface area contributed by atoms with E-state index in [9.17, 15) is 4.79 Å². The Bertz CT molecular complexity index is 462. The highest BCUT2D eigenvalue weighted by molar-refractivity contribution is 5.95. The van der Waals surface area contributed by atoms with E-state index in [1.807, 2.05) is 20.0 Å². The predicted molar refractivity (Wildman–Crippen MR) is 83.6 cm³/mol. The second kappa shape index (κ2) is 7.41. The maximum atomic E-state index is 12.4. The Morgan fingerprint density at radius 2 is 2.14 bits per heavy atom. The normalized spacial score (nSPS) is 17.3. The Morgan fingerprint density at radius 1 is 1.43 bits per heavy atom. The van der Waals surface area contributed by atoms with Crippen LogP contribution in [0, 0.1) is 5.92 Å². The summed E-state index contributed by atoms with van der Waals surface area (Å²) in [6, 6.07) is 3.83. The van der Waals surface area contributed by atoms with E-state index in [0.717, 1.165) is 44.0 Å². The third-order valence-corrected chi connectivity index (χ3v) is 4.09. The molecule has 2 rings (SSSR count). The van der Waals surface area contributed by atoms with Crippen LogP contribution in [0.4, 0.5) is 5.82 Å². The summed E-state index contributed by atoms with van der Waals surface area (Å²) in [7, 11) is 1.81. The number of carbonyl (C=O) groups is 1. The predicted octanol–water partition coefficient (Wildman–Crippen LogP) is 2.23. The second-order valence-electron chi connectivity index (χ2n) is 5.55. The number of aromatic nitrogens is 1. The summed E-state index contributed by atoms with van der Waals surface area (Å²) in [6.07, 6.45) is 2.84. The molecule has 2 heterocycles. The molecule has 0 bridgehead atoms. The summed E-state index contributed by atoms with van der Waals surface area (Å²) in [6.45, 7) is 5.71. The summed E-state index contributed by atoms with van der Waals surface area (Å²) in [5.41, 5.74) is 1.59. The summed E-state index contributed by atoms with van der Waals surface area (Å²) in [4.78, 5) is 16.9. The highest BCUT2D eigenvalue weighted by Gasteiger charge is 2.22. The molecular weight excluding hydrogens is 266 g/mol. The molecule has 0 radical (unpaired) electrons. The molecule has 1 aromatic rings. The molecule has 1 unspecified atom stereocenters. The number of anilines is 1. The fourth-order valence-corrected chi connectivity index (χ4v) is 2.65. The van der Waals surface area contributed by atoms with Crippen LogP contribution in [0.25, 0.3) is 0 Å². The minimum atomic E-state index is -0.0254. The van der Waals surface area contributed by atoms with Crippen LogP contribution in [0.3, 0.4) is 0 Å². The van der Waals surface area contributed by atoms with Gasteiger partial charge in [0, 0.05) is 37.6 Å². The molecule has 5 heteroatoms. The van der Waals surface area contributed by atoms with Crippen molar-refractivity contribution in [3.63, 3.8) is 0 Å². The van der Waals surface area contributed by atoms with E-state index >= 15 is 0 Å². The molecule has 21 heavy (non-hydrogen) atoms. The molecule has 0 aliphatic carbocycles. The van der Waals surface area contributed by atoms with Gasteiger partial charge in [0.25, 0.3) is 5.91 Å². The Hall–Kier alpha value is -1.62. The van der Waals surface area contributed by atoms with Crippen LogP contribution in [-0.2, 0) is 11.2 Å². The molecule has 5 nitrogen and oxygen atoms in total. The van der Waals surface area contributed by atoms with Gasteiger partial charge in [0.15, 0.2) is 0 Å². The van der Waals surface area contributed by atoms with Crippen LogP contribution >= 0.6 is 0 Å². The number of rotatable bonds is 5. The monoisotopic (exact) mass is 291 g/mol. The Kier molecular flexibility index (Phi) is 5.56. The number of carbonyl (C=O) groups excluding carboxylic acids is 1. The molecule has 0 saturated carbocycles. The van der Waals surface area contributed by atoms with Crippen LogP contribution in [0.2, 0.25) is 0 Å². The van der Waals surface area contributed by atoms with Gasteiger partial charge in [-0.3, -0.25) is 4.79 Å². The van der Waals surface area contributed by atoms with Gasteiger partial charge in [0.1, 0.15) is 5.82 Å². The molecule has 1 saturated heterocycles. The van der Waals surface area contributed by atoms with E-state index in [1.54, 1.807) is 6.07 Å². The SMILES string of the molecule is CCc1cc(C(=O)NC(C)C2CCOCC2)cc(NC)n1. The molecule has 2 N–H and O–H groups in total. The lowest BCUT2D eigenvalue weighted by atomic mass is 9.93. The lowest BCUT2D eigenvalue weighted by Gasteiger charge is -2.28. The Balaban J connectivity index is 2.05. The number of nitrogens with one attached hydrogen (secondary N) is 2. The zero-order valence-electron chi connectivity index (χ0n) is 13.1. The highest BCUT2D eigenvalue weighted by atomic mass is 16.5. The summed E-state index contributed by atoms with van der Waals surface area (Å²) < 4.78 is 5.37. The number of aryl methyl sites for hydroxylation is 1. The third kappa shape index (κ3) is 4.17. The van der Waals surface area contributed by atoms with Crippen molar-refractivity contribution in [3.05, 3.63) is 23.4 Å². The Labute approximate surface area is 126 Å². The number of pyridine rings is 1. The van der Waals surface area contributed by atoms with E-state index in [0.29, 0.717) is 11.5 Å². The van der Waals surface area contributed by atoms with Crippen molar-refractivity contribution >= 4 is 11.7 Å². The molecule has 0 aromatic carbocycles. The van der Waals surface area contributed by atoms with Crippen molar-refractivity contribution in [1.82, 2.24) is 10.3 Å². The van der Waals surface area contributed by atoms with Crippen molar-refractivity contribution in [3.8, 4) is 0 Å². The maximum absolute atomic E-state index is 12.4. The molecule has 1 fully saturated rings. The number of ether oxygens (including phenoxy) is 1. The van der Waals surface area contributed by atoms with Crippen molar-refractivity contribution < 1.29 is 9.53 Å². The summed E-state index contributed by atoms with van der Waals surface area (Å²) in [5, 5.41) is 6.12. The zero-order valence-corrected chi connectivity index (χ0v) is 13.1. The Morgan fingerprint density at radius 3 is 2.76 bits per heavy atom. The lowest BCUT2D eigenvalue weighted by Crippen LogP contribution is -2.40. The highest BCUT2D eigenvalue weighted by Crippen LogP contribution is 2.19. The van der Waals surface area contributed by atoms with Crippen LogP contribution in [0.15, 0.2) is 12.1 Å². The van der Waals surface area contributed by atoms with Crippen molar-refractivity contribution in [2.24, 2.45) is 5.92 Å². The lowest BCUT2D eigenvalue weighted by molar-refractivity contribution is 0.0538. The first-order chi connectivity index (χ1) is 10.1. The van der Waals surface area contributed by atoms with E-state index in [4.69, 9.17) is 4.74 Å². The fourth-order valence-electron chi connectivity index (χ4n) is 2.65. The average molecular weight is 291 g/mol. The minimum absolute atomic E-state index is 0.0254. The second-order valence-corrected chi connectivity index (χ2v) is 5.55. The number of nitrogens with zero attached hydrogens (tertiary/aromatic N) is 1. The van der Waals surface area contributed by atoms with Crippen LogP contribution in [-0.4, -0.2) is 37.2 Å². The standard InChI is InChI=1S/C16H25N3O2/c1-4-14-9-13(10-15(17-3)19-14)16(20)18-11(2)12-5-7-21-8-6-12/h9-12H,4-8H2,1-3H3,(H,17,19)(H,18,20). The van der Waals surface area contributed by atoms with Crippen molar-refractivity contribution in [2.75, 3.05) is 25.6 Å². The van der Waals surface area contributed by atoms with Crippen molar-refractivity contribution in [2.45, 2.75) is 39.2 Å². The molecule has 0 spiro atoms. The van der Waals surface area contributed by atoms with Gasteiger partial charge in [-0.1, -0.05) is 6.92 Å². The smallest absolute Gasteiger partial charge is 0.251 e. The first-order valence-electron chi connectivity index (χ1n) is 7.71. The van der Waals surface area contributed by atoms with Gasteiger partial charge in [-0.2, -0.15) is 0 Å². The molecule has 1 atom stereocenters. The molecule has 1 aromatic heterocycles. The maximum Gasteiger partial charge on any atom is 0.251 e. The summed E-state index contributed by atoms with van der Waals surface area (Å²) >= 11 is 0. The number of hydrogen-bond donors (Lipinski definition) is 2. The topological polar surface area (TPSA) is 63.2 Å². The van der Waals surface area contributed by atoms with Gasteiger partial charge in [0.2, 0.25) is 0 Å². The number of hydrogen-bond acceptors (Lipinski definition) is 4.